The maximum Gasteiger partial charge on any atom is 0.258 e. The lowest BCUT2D eigenvalue weighted by Crippen LogP contribution is -1.77. The van der Waals surface area contributed by atoms with Crippen LogP contribution in [0.5, 0.6) is 0 Å². The van der Waals surface area contributed by atoms with Gasteiger partial charge in [0.05, 0.1) is 6.07 Å². The van der Waals surface area contributed by atoms with Gasteiger partial charge < -0.3 is 0 Å². The van der Waals surface area contributed by atoms with Crippen molar-refractivity contribution in [2.45, 2.75) is 6.43 Å². The van der Waals surface area contributed by atoms with Crippen molar-refractivity contribution in [3.63, 3.8) is 0 Å². The van der Waals surface area contributed by atoms with Crippen LogP contribution >= 0.6 is 0 Å². The Kier molecular flexibility index (Phi) is 2.86. The zero-order chi connectivity index (χ0) is 5.70. The summed E-state index contributed by atoms with van der Waals surface area (Å²) < 4.78 is 22.0. The molecule has 0 saturated heterocycles. The SMILES string of the molecule is N#CC=CC(F)F. The summed E-state index contributed by atoms with van der Waals surface area (Å²) in [7, 11) is 0. The van der Waals surface area contributed by atoms with Crippen LogP contribution in [0.4, 0.5) is 8.78 Å². The number of alkyl halides is 2. The molecule has 0 atom stereocenters. The third-order valence-corrected chi connectivity index (χ3v) is 0.316. The number of allylic oxidation sites excluding steroid dienone is 2. The van der Waals surface area contributed by atoms with Crippen molar-refractivity contribution in [1.82, 2.24) is 0 Å². The second-order valence-corrected chi connectivity index (χ2v) is 0.823. The number of halogens is 2. The molecule has 0 spiro atoms. The summed E-state index contributed by atoms with van der Waals surface area (Å²) in [5, 5.41) is 7.64. The molecule has 1 nitrogen and oxygen atoms in total. The molecular weight excluding hydrogens is 100 g/mol. The predicted molar refractivity (Wildman–Crippen MR) is 20.8 cm³/mol. The van der Waals surface area contributed by atoms with Crippen LogP contribution in [0.2, 0.25) is 0 Å². The highest BCUT2D eigenvalue weighted by molar-refractivity contribution is 5.02. The summed E-state index contributed by atoms with van der Waals surface area (Å²) in [5.41, 5.74) is 0. The van der Waals surface area contributed by atoms with Gasteiger partial charge in [-0.2, -0.15) is 5.26 Å². The Bertz CT molecular complexity index is 101. The van der Waals surface area contributed by atoms with E-state index in [0.717, 1.165) is 6.08 Å². The molecule has 0 aromatic carbocycles. The van der Waals surface area contributed by atoms with E-state index < -0.39 is 6.43 Å². The number of hydrogen-bond donors (Lipinski definition) is 0. The minimum atomic E-state index is -2.50. The fourth-order valence-electron chi connectivity index (χ4n) is 0.116. The van der Waals surface area contributed by atoms with Gasteiger partial charge in [-0.05, 0) is 6.08 Å². The fraction of sp³-hybridized carbons (Fsp3) is 0.250. The average molecular weight is 103 g/mol. The van der Waals surface area contributed by atoms with E-state index in [0.29, 0.717) is 6.08 Å². The van der Waals surface area contributed by atoms with Gasteiger partial charge in [-0.15, -0.1) is 0 Å². The summed E-state index contributed by atoms with van der Waals surface area (Å²) in [5.74, 6) is 0. The molecular formula is C4H3F2N. The monoisotopic (exact) mass is 103 g/mol. The van der Waals surface area contributed by atoms with Gasteiger partial charge in [0.1, 0.15) is 0 Å². The van der Waals surface area contributed by atoms with Gasteiger partial charge in [0, 0.05) is 6.08 Å². The molecule has 0 saturated carbocycles. The largest absolute Gasteiger partial charge is 0.258 e. The van der Waals surface area contributed by atoms with Crippen LogP contribution in [0.15, 0.2) is 12.2 Å². The third-order valence-electron chi connectivity index (χ3n) is 0.316. The Hall–Kier alpha value is -0.910. The molecule has 3 heteroatoms. The summed E-state index contributed by atoms with van der Waals surface area (Å²) in [6.07, 6.45) is -1.22. The molecule has 0 N–H and O–H groups in total. The number of nitriles is 1. The van der Waals surface area contributed by atoms with Crippen molar-refractivity contribution < 1.29 is 8.78 Å². The Balaban J connectivity index is 3.31. The van der Waals surface area contributed by atoms with Crippen molar-refractivity contribution >= 4 is 0 Å². The smallest absolute Gasteiger partial charge is 0.206 e. The normalized spacial score (nSPS) is 10.0. The van der Waals surface area contributed by atoms with Crippen molar-refractivity contribution in [2.75, 3.05) is 0 Å². The maximum absolute atomic E-state index is 11.0. The molecule has 0 heterocycles. The van der Waals surface area contributed by atoms with Crippen LogP contribution in [-0.2, 0) is 0 Å². The standard InChI is InChI=1S/C4H3F2N/c5-4(6)2-1-3-7/h1-2,4H. The van der Waals surface area contributed by atoms with E-state index in [1.165, 1.54) is 6.07 Å². The molecule has 0 amide bonds. The second-order valence-electron chi connectivity index (χ2n) is 0.823. The third kappa shape index (κ3) is 5.09. The first-order valence-electron chi connectivity index (χ1n) is 1.62. The Morgan fingerprint density at radius 2 is 2.14 bits per heavy atom. The predicted octanol–water partition coefficient (Wildman–Crippen LogP) is 1.33. The lowest BCUT2D eigenvalue weighted by Gasteiger charge is -1.77. The first-order valence-corrected chi connectivity index (χ1v) is 1.62. The summed E-state index contributed by atoms with van der Waals surface area (Å²) in [6.45, 7) is 0. The average Bonchev–Trinajstić information content (AvgIpc) is 1.61. The summed E-state index contributed by atoms with van der Waals surface area (Å²) in [4.78, 5) is 0. The van der Waals surface area contributed by atoms with Crippen LogP contribution in [0.25, 0.3) is 0 Å². The lowest BCUT2D eigenvalue weighted by molar-refractivity contribution is 0.204. The van der Waals surface area contributed by atoms with Crippen molar-refractivity contribution in [2.24, 2.45) is 0 Å². The van der Waals surface area contributed by atoms with Crippen molar-refractivity contribution in [1.29, 1.82) is 5.26 Å². The molecule has 0 radical (unpaired) electrons. The lowest BCUT2D eigenvalue weighted by atomic mass is 10.5. The molecule has 0 aromatic rings. The van der Waals surface area contributed by atoms with E-state index in [9.17, 15) is 8.78 Å². The highest BCUT2D eigenvalue weighted by Gasteiger charge is 1.89. The number of nitrogens with zero attached hydrogens (tertiary/aromatic N) is 1. The van der Waals surface area contributed by atoms with Gasteiger partial charge in [0.15, 0.2) is 0 Å². The van der Waals surface area contributed by atoms with Crippen LogP contribution in [0.1, 0.15) is 0 Å². The molecule has 0 aliphatic rings. The molecule has 38 valence electrons. The van der Waals surface area contributed by atoms with E-state index in [1.54, 1.807) is 0 Å². The van der Waals surface area contributed by atoms with Gasteiger partial charge in [-0.25, -0.2) is 8.78 Å². The number of rotatable bonds is 1. The summed E-state index contributed by atoms with van der Waals surface area (Å²) in [6, 6.07) is 1.44. The van der Waals surface area contributed by atoms with Gasteiger partial charge in [-0.3, -0.25) is 0 Å². The molecule has 0 aliphatic heterocycles. The minimum Gasteiger partial charge on any atom is -0.206 e. The van der Waals surface area contributed by atoms with Gasteiger partial charge in [0.25, 0.3) is 6.43 Å². The van der Waals surface area contributed by atoms with Crippen LogP contribution in [-0.4, -0.2) is 6.43 Å². The maximum atomic E-state index is 11.0. The van der Waals surface area contributed by atoms with Crippen LogP contribution in [0.3, 0.4) is 0 Å². The van der Waals surface area contributed by atoms with Gasteiger partial charge >= 0.3 is 0 Å². The topological polar surface area (TPSA) is 23.8 Å². The molecule has 0 bridgehead atoms. The van der Waals surface area contributed by atoms with E-state index in [-0.39, 0.29) is 0 Å². The zero-order valence-electron chi connectivity index (χ0n) is 3.44. The van der Waals surface area contributed by atoms with E-state index >= 15 is 0 Å². The Labute approximate surface area is 39.9 Å². The Morgan fingerprint density at radius 1 is 1.57 bits per heavy atom. The van der Waals surface area contributed by atoms with Gasteiger partial charge in [-0.1, -0.05) is 0 Å². The summed E-state index contributed by atoms with van der Waals surface area (Å²) >= 11 is 0. The van der Waals surface area contributed by atoms with E-state index in [4.69, 9.17) is 5.26 Å². The van der Waals surface area contributed by atoms with E-state index in [2.05, 4.69) is 0 Å². The zero-order valence-corrected chi connectivity index (χ0v) is 3.44. The molecule has 0 fully saturated rings. The molecule has 0 aliphatic carbocycles. The first-order chi connectivity index (χ1) is 3.27. The van der Waals surface area contributed by atoms with Crippen molar-refractivity contribution in [3.05, 3.63) is 12.2 Å². The van der Waals surface area contributed by atoms with Crippen LogP contribution in [0, 0.1) is 11.3 Å². The quantitative estimate of drug-likeness (QED) is 0.459. The molecule has 0 aromatic heterocycles. The number of hydrogen-bond acceptors (Lipinski definition) is 1. The second kappa shape index (κ2) is 3.29. The van der Waals surface area contributed by atoms with E-state index in [1.807, 2.05) is 0 Å². The minimum absolute atomic E-state index is 0.528. The first kappa shape index (κ1) is 6.09. The molecule has 0 rings (SSSR count). The molecule has 7 heavy (non-hydrogen) atoms. The van der Waals surface area contributed by atoms with Crippen molar-refractivity contribution in [3.8, 4) is 6.07 Å². The van der Waals surface area contributed by atoms with Gasteiger partial charge in [0.2, 0.25) is 0 Å². The highest BCUT2D eigenvalue weighted by atomic mass is 19.3. The fourth-order valence-corrected chi connectivity index (χ4v) is 0.116. The highest BCUT2D eigenvalue weighted by Crippen LogP contribution is 1.91. The van der Waals surface area contributed by atoms with Crippen LogP contribution < -0.4 is 0 Å². The molecule has 0 unspecified atom stereocenters. The Morgan fingerprint density at radius 3 is 2.29 bits per heavy atom.